The second-order valence-electron chi connectivity index (χ2n) is 15.0. The Hall–Kier alpha value is -6.62. The topological polar surface area (TPSA) is 34.6 Å². The third-order valence-electron chi connectivity index (χ3n) is 10.7. The van der Waals surface area contributed by atoms with E-state index in [0.29, 0.717) is 11.3 Å². The molecule has 8 aromatic carbocycles. The molecule has 0 fully saturated rings. The van der Waals surface area contributed by atoms with Crippen molar-refractivity contribution in [3.8, 4) is 6.07 Å². The number of nitrogens with zero attached hydrogens (tertiary/aromatic N) is 4. The molecule has 0 aliphatic heterocycles. The Labute approximate surface area is 318 Å². The Morgan fingerprint density at radius 2 is 0.852 bits per heavy atom. The monoisotopic (exact) mass is 698 g/mol. The van der Waals surface area contributed by atoms with Crippen LogP contribution in [0.2, 0.25) is 0 Å². The first-order valence-electron chi connectivity index (χ1n) is 18.7. The van der Waals surface area contributed by atoms with Crippen LogP contribution in [-0.2, 0) is 0 Å². The molecular formula is C50H42N4. The first-order valence-corrected chi connectivity index (χ1v) is 18.7. The molecule has 0 aliphatic rings. The Morgan fingerprint density at radius 3 is 1.20 bits per heavy atom. The molecule has 0 aliphatic carbocycles. The summed E-state index contributed by atoms with van der Waals surface area (Å²) in [5.41, 5.74) is 12.6. The molecule has 262 valence electrons. The van der Waals surface area contributed by atoms with Gasteiger partial charge in [0, 0.05) is 33.5 Å². The van der Waals surface area contributed by atoms with Gasteiger partial charge in [0.1, 0.15) is 0 Å². The normalized spacial score (nSPS) is 11.4. The van der Waals surface area contributed by atoms with Crippen LogP contribution in [0.1, 0.15) is 67.3 Å². The van der Waals surface area contributed by atoms with Crippen LogP contribution in [0, 0.1) is 31.8 Å². The van der Waals surface area contributed by atoms with Gasteiger partial charge in [0.05, 0.1) is 29.6 Å². The summed E-state index contributed by atoms with van der Waals surface area (Å²) >= 11 is 0. The average Bonchev–Trinajstić information content (AvgIpc) is 3.19. The van der Waals surface area contributed by atoms with Crippen LogP contribution in [0.3, 0.4) is 0 Å². The van der Waals surface area contributed by atoms with Gasteiger partial charge in [-0.25, -0.2) is 4.85 Å². The van der Waals surface area contributed by atoms with E-state index in [4.69, 9.17) is 6.57 Å². The van der Waals surface area contributed by atoms with Crippen LogP contribution in [-0.4, -0.2) is 0 Å². The van der Waals surface area contributed by atoms with Crippen molar-refractivity contribution >= 4 is 72.1 Å². The number of hydrogen-bond acceptors (Lipinski definition) is 3. The Bertz CT molecular complexity index is 2530. The second kappa shape index (κ2) is 13.7. The Kier molecular flexibility index (Phi) is 8.77. The van der Waals surface area contributed by atoms with Crippen molar-refractivity contribution < 1.29 is 0 Å². The summed E-state index contributed by atoms with van der Waals surface area (Å²) in [5.74, 6) is 0.535. The fourth-order valence-electron chi connectivity index (χ4n) is 7.94. The molecule has 0 atom stereocenters. The zero-order valence-corrected chi connectivity index (χ0v) is 31.6. The van der Waals surface area contributed by atoms with E-state index in [1.54, 1.807) is 0 Å². The minimum atomic E-state index is 0.267. The van der Waals surface area contributed by atoms with Gasteiger partial charge in [-0.1, -0.05) is 99.5 Å². The first-order chi connectivity index (χ1) is 26.2. The SMILES string of the molecule is [C-]#[N+]c1ccc(N(c2ccc(C)cc2)c2cc(C(C)C)c3ccc4c(N(c5ccc(C)cc5)c5ccc(C#N)cc5)cc(C(C)C)c5ccc2c3c54)cc1. The van der Waals surface area contributed by atoms with Crippen molar-refractivity contribution in [1.29, 1.82) is 5.26 Å². The zero-order valence-electron chi connectivity index (χ0n) is 31.6. The first kappa shape index (κ1) is 34.5. The van der Waals surface area contributed by atoms with Gasteiger partial charge in [-0.3, -0.25) is 0 Å². The highest BCUT2D eigenvalue weighted by atomic mass is 15.1. The van der Waals surface area contributed by atoms with E-state index in [1.807, 2.05) is 24.3 Å². The molecule has 0 bridgehead atoms. The number of hydrogen-bond donors (Lipinski definition) is 0. The van der Waals surface area contributed by atoms with E-state index in [-0.39, 0.29) is 11.8 Å². The van der Waals surface area contributed by atoms with Gasteiger partial charge >= 0.3 is 0 Å². The summed E-state index contributed by atoms with van der Waals surface area (Å²) in [6, 6.07) is 49.6. The summed E-state index contributed by atoms with van der Waals surface area (Å²) in [5, 5.41) is 17.0. The second-order valence-corrected chi connectivity index (χ2v) is 15.0. The standard InChI is InChI=1S/C50H42N4/c1-31(2)45-28-47(53(37-16-8-33(5)9-17-37)39-20-12-35(30-51)13-21-39)43-26-24-42-46(32(3)4)29-48(44-27-25-41(45)49(43)50(42)44)54(38-18-10-34(6)11-19-38)40-22-14-36(52-7)15-23-40/h8-29,31-32H,1-6H3. The lowest BCUT2D eigenvalue weighted by molar-refractivity contribution is 0.875. The lowest BCUT2D eigenvalue weighted by atomic mass is 9.84. The minimum absolute atomic E-state index is 0.267. The maximum absolute atomic E-state index is 9.65. The van der Waals surface area contributed by atoms with Crippen molar-refractivity contribution in [1.82, 2.24) is 0 Å². The van der Waals surface area contributed by atoms with E-state index in [1.165, 1.54) is 54.6 Å². The van der Waals surface area contributed by atoms with Gasteiger partial charge in [-0.2, -0.15) is 5.26 Å². The lowest BCUT2D eigenvalue weighted by Crippen LogP contribution is -2.13. The largest absolute Gasteiger partial charge is 0.310 e. The number of aryl methyl sites for hydroxylation is 2. The van der Waals surface area contributed by atoms with Crippen LogP contribution >= 0.6 is 0 Å². The zero-order chi connectivity index (χ0) is 37.7. The number of nitriles is 1. The highest BCUT2D eigenvalue weighted by Gasteiger charge is 2.26. The molecule has 4 heteroatoms. The van der Waals surface area contributed by atoms with E-state index in [0.717, 1.165) is 34.1 Å². The fraction of sp³-hybridized carbons (Fsp3) is 0.160. The fourth-order valence-corrected chi connectivity index (χ4v) is 7.94. The van der Waals surface area contributed by atoms with Gasteiger partial charge < -0.3 is 9.80 Å². The van der Waals surface area contributed by atoms with E-state index >= 15 is 0 Å². The summed E-state index contributed by atoms with van der Waals surface area (Å²) in [7, 11) is 0. The smallest absolute Gasteiger partial charge is 0.187 e. The maximum atomic E-state index is 9.65. The Morgan fingerprint density at radius 1 is 0.500 bits per heavy atom. The summed E-state index contributed by atoms with van der Waals surface area (Å²) in [6.07, 6.45) is 0. The highest BCUT2D eigenvalue weighted by molar-refractivity contribution is 6.29. The highest BCUT2D eigenvalue weighted by Crippen LogP contribution is 2.51. The maximum Gasteiger partial charge on any atom is 0.187 e. The van der Waals surface area contributed by atoms with Crippen molar-refractivity contribution in [3.63, 3.8) is 0 Å². The molecule has 0 saturated heterocycles. The molecule has 0 saturated carbocycles. The van der Waals surface area contributed by atoms with Crippen LogP contribution in [0.5, 0.6) is 0 Å². The summed E-state index contributed by atoms with van der Waals surface area (Å²) < 4.78 is 0. The molecule has 8 aromatic rings. The van der Waals surface area contributed by atoms with Gasteiger partial charge in [-0.05, 0) is 131 Å². The van der Waals surface area contributed by atoms with E-state index in [9.17, 15) is 5.26 Å². The van der Waals surface area contributed by atoms with Crippen molar-refractivity contribution in [3.05, 3.63) is 173 Å². The third-order valence-corrected chi connectivity index (χ3v) is 10.7. The average molecular weight is 699 g/mol. The molecule has 4 nitrogen and oxygen atoms in total. The Balaban J connectivity index is 1.50. The van der Waals surface area contributed by atoms with E-state index < -0.39 is 0 Å². The van der Waals surface area contributed by atoms with Crippen molar-refractivity contribution in [2.75, 3.05) is 9.80 Å². The van der Waals surface area contributed by atoms with Gasteiger partial charge in [0.25, 0.3) is 0 Å². The molecule has 0 aromatic heterocycles. The predicted molar refractivity (Wildman–Crippen MR) is 228 cm³/mol. The van der Waals surface area contributed by atoms with Crippen molar-refractivity contribution in [2.45, 2.75) is 53.4 Å². The predicted octanol–water partition coefficient (Wildman–Crippen LogP) is 14.8. The van der Waals surface area contributed by atoms with Crippen LogP contribution in [0.4, 0.5) is 39.8 Å². The molecule has 0 spiro atoms. The van der Waals surface area contributed by atoms with E-state index in [2.05, 4.69) is 171 Å². The van der Waals surface area contributed by atoms with Crippen LogP contribution < -0.4 is 9.80 Å². The lowest BCUT2D eigenvalue weighted by Gasteiger charge is -2.31. The third kappa shape index (κ3) is 5.87. The number of anilines is 6. The minimum Gasteiger partial charge on any atom is -0.310 e. The quantitative estimate of drug-likeness (QED) is 0.117. The summed E-state index contributed by atoms with van der Waals surface area (Å²) in [4.78, 5) is 8.38. The molecule has 0 heterocycles. The summed E-state index contributed by atoms with van der Waals surface area (Å²) in [6.45, 7) is 21.0. The van der Waals surface area contributed by atoms with Gasteiger partial charge in [0.2, 0.25) is 0 Å². The molecule has 0 N–H and O–H groups in total. The van der Waals surface area contributed by atoms with Gasteiger partial charge in [-0.15, -0.1) is 0 Å². The van der Waals surface area contributed by atoms with Crippen molar-refractivity contribution in [2.24, 2.45) is 0 Å². The molecule has 0 amide bonds. The number of rotatable bonds is 8. The van der Waals surface area contributed by atoms with Gasteiger partial charge in [0.15, 0.2) is 5.69 Å². The molecule has 8 rings (SSSR count). The number of benzene rings is 8. The van der Waals surface area contributed by atoms with Crippen LogP contribution in [0.15, 0.2) is 133 Å². The molecular weight excluding hydrogens is 657 g/mol. The molecule has 0 radical (unpaired) electrons. The van der Waals surface area contributed by atoms with Crippen LogP contribution in [0.25, 0.3) is 37.2 Å². The molecule has 54 heavy (non-hydrogen) atoms. The molecule has 0 unspecified atom stereocenters.